The molecule has 1 saturated carbocycles. The standard InChI is InChI=1S/C13H17ClN2/c14-11-2-1-9-7-15-13(6-10(9)5-11)8-16-12-3-4-12/h1-2,5,12-13,15-16H,3-4,6-8H2. The molecule has 2 nitrogen and oxygen atoms in total. The van der Waals surface area contributed by atoms with Crippen molar-refractivity contribution in [2.45, 2.75) is 37.9 Å². The van der Waals surface area contributed by atoms with E-state index in [1.807, 2.05) is 6.07 Å². The van der Waals surface area contributed by atoms with E-state index in [1.165, 1.54) is 24.0 Å². The monoisotopic (exact) mass is 236 g/mol. The van der Waals surface area contributed by atoms with Gasteiger partial charge in [-0.1, -0.05) is 17.7 Å². The van der Waals surface area contributed by atoms with E-state index in [4.69, 9.17) is 11.6 Å². The minimum Gasteiger partial charge on any atom is -0.312 e. The van der Waals surface area contributed by atoms with E-state index in [0.29, 0.717) is 6.04 Å². The van der Waals surface area contributed by atoms with Crippen molar-refractivity contribution in [2.24, 2.45) is 0 Å². The van der Waals surface area contributed by atoms with Gasteiger partial charge in [-0.25, -0.2) is 0 Å². The smallest absolute Gasteiger partial charge is 0.0408 e. The molecule has 0 radical (unpaired) electrons. The number of benzene rings is 1. The predicted octanol–water partition coefficient (Wildman–Crippen LogP) is 2.11. The first kappa shape index (κ1) is 10.6. The molecular weight excluding hydrogens is 220 g/mol. The van der Waals surface area contributed by atoms with Crippen molar-refractivity contribution < 1.29 is 0 Å². The molecule has 3 rings (SSSR count). The van der Waals surface area contributed by atoms with E-state index in [0.717, 1.165) is 30.6 Å². The Balaban J connectivity index is 1.64. The second-order valence-electron chi connectivity index (χ2n) is 4.88. The van der Waals surface area contributed by atoms with Gasteiger partial charge in [0.2, 0.25) is 0 Å². The maximum atomic E-state index is 6.03. The Labute approximate surface area is 101 Å². The Bertz CT molecular complexity index is 388. The third-order valence-corrected chi connectivity index (χ3v) is 3.68. The highest BCUT2D eigenvalue weighted by molar-refractivity contribution is 6.30. The zero-order valence-electron chi connectivity index (χ0n) is 9.30. The Hall–Kier alpha value is -0.570. The van der Waals surface area contributed by atoms with Gasteiger partial charge in [-0.2, -0.15) is 0 Å². The average Bonchev–Trinajstić information content (AvgIpc) is 3.09. The van der Waals surface area contributed by atoms with Crippen LogP contribution in [0.3, 0.4) is 0 Å². The zero-order valence-corrected chi connectivity index (χ0v) is 10.1. The number of fused-ring (bicyclic) bond motifs is 1. The Morgan fingerprint density at radius 1 is 1.31 bits per heavy atom. The van der Waals surface area contributed by atoms with Gasteiger partial charge in [0.1, 0.15) is 0 Å². The van der Waals surface area contributed by atoms with Crippen molar-refractivity contribution in [3.05, 3.63) is 34.3 Å². The molecule has 1 heterocycles. The van der Waals surface area contributed by atoms with Crippen molar-refractivity contribution in [1.82, 2.24) is 10.6 Å². The molecule has 3 heteroatoms. The van der Waals surface area contributed by atoms with Crippen LogP contribution in [0, 0.1) is 0 Å². The SMILES string of the molecule is Clc1ccc2c(c1)CC(CNC1CC1)NC2. The van der Waals surface area contributed by atoms with Crippen molar-refractivity contribution in [3.63, 3.8) is 0 Å². The summed E-state index contributed by atoms with van der Waals surface area (Å²) in [6, 6.07) is 7.58. The van der Waals surface area contributed by atoms with E-state index in [2.05, 4.69) is 22.8 Å². The molecule has 1 aromatic rings. The summed E-state index contributed by atoms with van der Waals surface area (Å²) in [6.45, 7) is 2.06. The van der Waals surface area contributed by atoms with Gasteiger partial charge in [-0.05, 0) is 42.5 Å². The lowest BCUT2D eigenvalue weighted by Crippen LogP contribution is -2.43. The molecule has 1 aromatic carbocycles. The summed E-state index contributed by atoms with van der Waals surface area (Å²) in [7, 11) is 0. The first-order valence-corrected chi connectivity index (χ1v) is 6.43. The van der Waals surface area contributed by atoms with Crippen LogP contribution >= 0.6 is 11.6 Å². The fourth-order valence-corrected chi connectivity index (χ4v) is 2.48. The van der Waals surface area contributed by atoms with Crippen LogP contribution in [0.25, 0.3) is 0 Å². The van der Waals surface area contributed by atoms with Crippen LogP contribution < -0.4 is 10.6 Å². The minimum atomic E-state index is 0.562. The molecule has 0 bridgehead atoms. The highest BCUT2D eigenvalue weighted by Gasteiger charge is 2.23. The van der Waals surface area contributed by atoms with E-state index >= 15 is 0 Å². The third kappa shape index (κ3) is 2.40. The molecule has 1 fully saturated rings. The van der Waals surface area contributed by atoms with Gasteiger partial charge in [0.25, 0.3) is 0 Å². The van der Waals surface area contributed by atoms with Gasteiger partial charge in [0, 0.05) is 30.2 Å². The van der Waals surface area contributed by atoms with Crippen LogP contribution in [0.15, 0.2) is 18.2 Å². The highest BCUT2D eigenvalue weighted by Crippen LogP contribution is 2.22. The first-order chi connectivity index (χ1) is 7.81. The third-order valence-electron chi connectivity index (χ3n) is 3.45. The van der Waals surface area contributed by atoms with Crippen molar-refractivity contribution >= 4 is 11.6 Å². The van der Waals surface area contributed by atoms with Gasteiger partial charge in [0.05, 0.1) is 0 Å². The van der Waals surface area contributed by atoms with Crippen LogP contribution in [-0.2, 0) is 13.0 Å². The number of hydrogen-bond acceptors (Lipinski definition) is 2. The number of nitrogens with one attached hydrogen (secondary N) is 2. The van der Waals surface area contributed by atoms with Gasteiger partial charge in [-0.3, -0.25) is 0 Å². The molecule has 0 amide bonds. The quantitative estimate of drug-likeness (QED) is 0.840. The van der Waals surface area contributed by atoms with Crippen LogP contribution in [0.2, 0.25) is 5.02 Å². The lowest BCUT2D eigenvalue weighted by Gasteiger charge is -2.26. The van der Waals surface area contributed by atoms with Gasteiger partial charge in [0.15, 0.2) is 0 Å². The van der Waals surface area contributed by atoms with Crippen molar-refractivity contribution in [3.8, 4) is 0 Å². The number of rotatable bonds is 3. The number of halogens is 1. The topological polar surface area (TPSA) is 24.1 Å². The Kier molecular flexibility index (Phi) is 2.88. The predicted molar refractivity (Wildman–Crippen MR) is 66.8 cm³/mol. The van der Waals surface area contributed by atoms with E-state index < -0.39 is 0 Å². The van der Waals surface area contributed by atoms with Crippen molar-refractivity contribution in [1.29, 1.82) is 0 Å². The molecule has 1 aliphatic carbocycles. The van der Waals surface area contributed by atoms with Gasteiger partial charge < -0.3 is 10.6 Å². The second-order valence-corrected chi connectivity index (χ2v) is 5.31. The van der Waals surface area contributed by atoms with Crippen LogP contribution in [0.4, 0.5) is 0 Å². The molecule has 0 saturated heterocycles. The molecule has 16 heavy (non-hydrogen) atoms. The fourth-order valence-electron chi connectivity index (χ4n) is 2.29. The molecule has 0 spiro atoms. The fraction of sp³-hybridized carbons (Fsp3) is 0.538. The lowest BCUT2D eigenvalue weighted by atomic mass is 9.96. The molecule has 2 N–H and O–H groups in total. The number of hydrogen-bond donors (Lipinski definition) is 2. The highest BCUT2D eigenvalue weighted by atomic mass is 35.5. The summed E-state index contributed by atoms with van der Waals surface area (Å²) in [6.07, 6.45) is 3.81. The summed E-state index contributed by atoms with van der Waals surface area (Å²) in [5.74, 6) is 0. The van der Waals surface area contributed by atoms with Gasteiger partial charge in [-0.15, -0.1) is 0 Å². The summed E-state index contributed by atoms with van der Waals surface area (Å²) in [5, 5.41) is 8.00. The second kappa shape index (κ2) is 4.36. The summed E-state index contributed by atoms with van der Waals surface area (Å²) < 4.78 is 0. The maximum absolute atomic E-state index is 6.03. The molecule has 2 aliphatic rings. The van der Waals surface area contributed by atoms with Crippen LogP contribution in [0.5, 0.6) is 0 Å². The molecule has 1 aliphatic heterocycles. The maximum Gasteiger partial charge on any atom is 0.0408 e. The normalized spacial score (nSPS) is 24.2. The molecule has 86 valence electrons. The summed E-state index contributed by atoms with van der Waals surface area (Å²) in [4.78, 5) is 0. The van der Waals surface area contributed by atoms with Crippen molar-refractivity contribution in [2.75, 3.05) is 6.54 Å². The van der Waals surface area contributed by atoms with E-state index in [1.54, 1.807) is 0 Å². The van der Waals surface area contributed by atoms with Crippen LogP contribution in [0.1, 0.15) is 24.0 Å². The minimum absolute atomic E-state index is 0.562. The Morgan fingerprint density at radius 3 is 3.00 bits per heavy atom. The van der Waals surface area contributed by atoms with E-state index in [-0.39, 0.29) is 0 Å². The lowest BCUT2D eigenvalue weighted by molar-refractivity contribution is 0.447. The van der Waals surface area contributed by atoms with Crippen LogP contribution in [-0.4, -0.2) is 18.6 Å². The average molecular weight is 237 g/mol. The molecule has 1 atom stereocenters. The van der Waals surface area contributed by atoms with Gasteiger partial charge >= 0.3 is 0 Å². The van der Waals surface area contributed by atoms with E-state index in [9.17, 15) is 0 Å². The first-order valence-electron chi connectivity index (χ1n) is 6.05. The summed E-state index contributed by atoms with van der Waals surface area (Å²) in [5.41, 5.74) is 2.81. The molecular formula is C13H17ClN2. The Morgan fingerprint density at radius 2 is 2.19 bits per heavy atom. The zero-order chi connectivity index (χ0) is 11.0. The summed E-state index contributed by atoms with van der Waals surface area (Å²) >= 11 is 6.03. The largest absolute Gasteiger partial charge is 0.312 e. The molecule has 0 aromatic heterocycles. The molecule has 1 unspecified atom stereocenters.